The summed E-state index contributed by atoms with van der Waals surface area (Å²) in [7, 11) is 3.31. The van der Waals surface area contributed by atoms with Gasteiger partial charge in [0.15, 0.2) is 5.84 Å². The molecule has 1 unspecified atom stereocenters. The van der Waals surface area contributed by atoms with Crippen molar-refractivity contribution in [1.29, 1.82) is 0 Å². The number of terminal acetylenes is 2. The van der Waals surface area contributed by atoms with Crippen LogP contribution in [-0.2, 0) is 4.74 Å². The van der Waals surface area contributed by atoms with Crippen molar-refractivity contribution in [2.75, 3.05) is 27.4 Å². The predicted molar refractivity (Wildman–Crippen MR) is 188 cm³/mol. The first-order valence-corrected chi connectivity index (χ1v) is 15.1. The summed E-state index contributed by atoms with van der Waals surface area (Å²) in [6, 6.07) is 25.7. The Morgan fingerprint density at radius 3 is 2.04 bits per heavy atom. The number of amidine groups is 1. The van der Waals surface area contributed by atoms with E-state index < -0.39 is 0 Å². The molecule has 1 atom stereocenters. The van der Waals surface area contributed by atoms with Crippen LogP contribution in [0.2, 0.25) is 0 Å². The molecule has 7 nitrogen and oxygen atoms in total. The van der Waals surface area contributed by atoms with Gasteiger partial charge in [-0.15, -0.1) is 12.8 Å². The molecule has 4 aromatic rings. The van der Waals surface area contributed by atoms with Crippen LogP contribution in [0.3, 0.4) is 0 Å². The van der Waals surface area contributed by atoms with Gasteiger partial charge in [0.25, 0.3) is 0 Å². The zero-order valence-electron chi connectivity index (χ0n) is 26.2. The zero-order chi connectivity index (χ0) is 32.6. The minimum Gasteiger partial charge on any atom is -0.497 e. The van der Waals surface area contributed by atoms with Gasteiger partial charge in [-0.25, -0.2) is 9.98 Å². The molecular formula is C40H33N3O4. The standard InChI is InChI=1S/C40H33N3O4/c1-5-23-46-33-19-7-27(8-20-33)35-25-37(29-11-15-31(44-3)16-12-29)41-39(35)43-40-36(28-9-21-34(22-10-28)47-24-6-2)26-38(42-40)30-13-17-32(45-4)18-14-30/h1-2,7-9,11-22,25-26,28,42H,10,23-24H2,3-4H3/b43-39-. The molecule has 0 saturated carbocycles. The molecule has 0 amide bonds. The SMILES string of the molecule is C#CCOC1=CCC(c2cc(-c3ccc(OC)cc3)[nH]c2/N=C2\N=C(c3ccc(OC)cc3)C=C2c2ccc(OCC#C)cc2)C=C1. The molecule has 47 heavy (non-hydrogen) atoms. The summed E-state index contributed by atoms with van der Waals surface area (Å²) in [5.74, 6) is 9.42. The van der Waals surface area contributed by atoms with Gasteiger partial charge in [0.05, 0.1) is 19.9 Å². The first-order valence-electron chi connectivity index (χ1n) is 15.1. The molecule has 232 valence electrons. The topological polar surface area (TPSA) is 77.4 Å². The Labute approximate surface area is 275 Å². The Morgan fingerprint density at radius 2 is 1.43 bits per heavy atom. The largest absolute Gasteiger partial charge is 0.497 e. The van der Waals surface area contributed by atoms with E-state index in [4.69, 9.17) is 41.8 Å². The molecule has 0 spiro atoms. The monoisotopic (exact) mass is 619 g/mol. The van der Waals surface area contributed by atoms with Gasteiger partial charge in [0.2, 0.25) is 0 Å². The average Bonchev–Trinajstić information content (AvgIpc) is 3.75. The van der Waals surface area contributed by atoms with Gasteiger partial charge >= 0.3 is 0 Å². The van der Waals surface area contributed by atoms with Crippen LogP contribution in [0.1, 0.15) is 29.0 Å². The first kappa shape index (κ1) is 30.8. The molecule has 0 bridgehead atoms. The van der Waals surface area contributed by atoms with Crippen LogP contribution < -0.4 is 14.2 Å². The second-order valence-corrected chi connectivity index (χ2v) is 10.8. The van der Waals surface area contributed by atoms with E-state index in [1.165, 1.54) is 0 Å². The fourth-order valence-electron chi connectivity index (χ4n) is 5.40. The quantitative estimate of drug-likeness (QED) is 0.173. The van der Waals surface area contributed by atoms with Crippen LogP contribution in [0, 0.1) is 24.7 Å². The van der Waals surface area contributed by atoms with E-state index in [0.29, 0.717) is 11.6 Å². The second-order valence-electron chi connectivity index (χ2n) is 10.8. The molecule has 1 aliphatic carbocycles. The number of rotatable bonds is 11. The van der Waals surface area contributed by atoms with Crippen molar-refractivity contribution in [3.05, 3.63) is 126 Å². The molecule has 0 radical (unpaired) electrons. The predicted octanol–water partition coefficient (Wildman–Crippen LogP) is 7.90. The third-order valence-corrected chi connectivity index (χ3v) is 7.85. The Morgan fingerprint density at radius 1 is 0.809 bits per heavy atom. The molecule has 0 saturated heterocycles. The van der Waals surface area contributed by atoms with Crippen LogP contribution in [0.15, 0.2) is 119 Å². The summed E-state index contributed by atoms with van der Waals surface area (Å²) in [5.41, 5.74) is 6.57. The number of nitrogens with zero attached hydrogens (tertiary/aromatic N) is 2. The third kappa shape index (κ3) is 7.06. The van der Waals surface area contributed by atoms with Crippen molar-refractivity contribution in [3.8, 4) is 53.2 Å². The lowest BCUT2D eigenvalue weighted by Crippen LogP contribution is -2.01. The van der Waals surface area contributed by atoms with Crippen molar-refractivity contribution < 1.29 is 18.9 Å². The molecule has 6 rings (SSSR count). The van der Waals surface area contributed by atoms with E-state index in [1.807, 2.05) is 78.9 Å². The number of H-pyrrole nitrogens is 1. The number of aliphatic imine (C=N–C) groups is 2. The molecule has 2 heterocycles. The zero-order valence-corrected chi connectivity index (χ0v) is 26.2. The second kappa shape index (κ2) is 14.3. The maximum Gasteiger partial charge on any atom is 0.162 e. The first-order chi connectivity index (χ1) is 23.1. The summed E-state index contributed by atoms with van der Waals surface area (Å²) in [5, 5.41) is 0. The van der Waals surface area contributed by atoms with Crippen LogP contribution in [0.5, 0.6) is 17.2 Å². The molecule has 0 fully saturated rings. The Balaban J connectivity index is 1.42. The van der Waals surface area contributed by atoms with Crippen LogP contribution in [0.25, 0.3) is 16.8 Å². The molecule has 1 N–H and O–H groups in total. The highest BCUT2D eigenvalue weighted by Gasteiger charge is 2.23. The maximum absolute atomic E-state index is 5.65. The molecule has 2 aliphatic rings. The van der Waals surface area contributed by atoms with Crippen molar-refractivity contribution in [3.63, 3.8) is 0 Å². The Hall–Kier alpha value is -6.18. The highest BCUT2D eigenvalue weighted by molar-refractivity contribution is 6.38. The number of nitrogens with one attached hydrogen (secondary N) is 1. The fraction of sp³-hybridized carbons (Fsp3) is 0.150. The normalized spacial score (nSPS) is 16.0. The van der Waals surface area contributed by atoms with Crippen LogP contribution in [-0.4, -0.2) is 44.0 Å². The number of aromatic amines is 1. The molecule has 3 aromatic carbocycles. The van der Waals surface area contributed by atoms with E-state index >= 15 is 0 Å². The lowest BCUT2D eigenvalue weighted by atomic mass is 9.93. The lowest BCUT2D eigenvalue weighted by molar-refractivity contribution is 0.264. The highest BCUT2D eigenvalue weighted by Crippen LogP contribution is 2.39. The summed E-state index contributed by atoms with van der Waals surface area (Å²) >= 11 is 0. The highest BCUT2D eigenvalue weighted by atomic mass is 16.5. The maximum atomic E-state index is 5.65. The minimum absolute atomic E-state index is 0.0576. The van der Waals surface area contributed by atoms with Gasteiger partial charge in [-0.2, -0.15) is 0 Å². The van der Waals surface area contributed by atoms with E-state index in [-0.39, 0.29) is 19.1 Å². The van der Waals surface area contributed by atoms with Gasteiger partial charge in [0, 0.05) is 28.3 Å². The average molecular weight is 620 g/mol. The van der Waals surface area contributed by atoms with E-state index in [9.17, 15) is 0 Å². The van der Waals surface area contributed by atoms with Gasteiger partial charge in [-0.3, -0.25) is 0 Å². The van der Waals surface area contributed by atoms with Crippen molar-refractivity contribution in [2.24, 2.45) is 9.98 Å². The number of aromatic nitrogens is 1. The van der Waals surface area contributed by atoms with Gasteiger partial charge in [-0.1, -0.05) is 30.0 Å². The number of hydrogen-bond donors (Lipinski definition) is 1. The van der Waals surface area contributed by atoms with Gasteiger partial charge in [-0.05, 0) is 103 Å². The number of ether oxygens (including phenoxy) is 4. The van der Waals surface area contributed by atoms with Crippen LogP contribution >= 0.6 is 0 Å². The summed E-state index contributed by atoms with van der Waals surface area (Å²) in [4.78, 5) is 13.8. The number of allylic oxidation sites excluding steroid dienone is 4. The molecule has 7 heteroatoms. The number of benzene rings is 3. The Bertz CT molecular complexity index is 1980. The Kier molecular flexibility index (Phi) is 9.37. The molecule has 1 aromatic heterocycles. The van der Waals surface area contributed by atoms with Crippen molar-refractivity contribution in [2.45, 2.75) is 12.3 Å². The summed E-state index contributed by atoms with van der Waals surface area (Å²) in [6.45, 7) is 0.431. The van der Waals surface area contributed by atoms with Crippen LogP contribution in [0.4, 0.5) is 5.82 Å². The van der Waals surface area contributed by atoms with E-state index in [0.717, 1.165) is 68.7 Å². The van der Waals surface area contributed by atoms with E-state index in [2.05, 4.69) is 41.1 Å². The molecular weight excluding hydrogens is 586 g/mol. The molecule has 1 aliphatic heterocycles. The number of hydrogen-bond acceptors (Lipinski definition) is 5. The summed E-state index contributed by atoms with van der Waals surface area (Å²) < 4.78 is 22.0. The fourth-order valence-corrected chi connectivity index (χ4v) is 5.40. The van der Waals surface area contributed by atoms with E-state index in [1.54, 1.807) is 14.2 Å². The van der Waals surface area contributed by atoms with Crippen molar-refractivity contribution >= 4 is 22.9 Å². The van der Waals surface area contributed by atoms with Gasteiger partial charge < -0.3 is 23.9 Å². The summed E-state index contributed by atoms with van der Waals surface area (Å²) in [6.07, 6.45) is 19.7. The third-order valence-electron chi connectivity index (χ3n) is 7.85. The lowest BCUT2D eigenvalue weighted by Gasteiger charge is -2.16. The number of methoxy groups -OCH3 is 2. The van der Waals surface area contributed by atoms with Gasteiger partial charge in [0.1, 0.15) is 42.0 Å². The van der Waals surface area contributed by atoms with Crippen molar-refractivity contribution in [1.82, 2.24) is 4.98 Å². The minimum atomic E-state index is 0.0576. The smallest absolute Gasteiger partial charge is 0.162 e.